The van der Waals surface area contributed by atoms with Crippen LogP contribution < -0.4 is 4.90 Å². The molecule has 1 fully saturated rings. The molecule has 2 heterocycles. The molecule has 5 heteroatoms. The summed E-state index contributed by atoms with van der Waals surface area (Å²) in [6, 6.07) is 6.07. The third-order valence-corrected chi connectivity index (χ3v) is 3.50. The molecule has 1 aliphatic heterocycles. The Morgan fingerprint density at radius 3 is 2.85 bits per heavy atom. The monoisotopic (exact) mass is 274 g/mol. The lowest BCUT2D eigenvalue weighted by molar-refractivity contribution is 0.0307. The molecule has 1 aliphatic rings. The number of hydrogen-bond acceptors (Lipinski definition) is 5. The molecule has 2 rings (SSSR count). The Hall–Kier alpha value is -1.64. The average Bonchev–Trinajstić information content (AvgIpc) is 2.37. The third kappa shape index (κ3) is 3.47. The first-order chi connectivity index (χ1) is 9.40. The molecule has 0 saturated carbocycles. The van der Waals surface area contributed by atoms with Gasteiger partial charge in [0.1, 0.15) is 11.9 Å². The number of aliphatic hydroxyl groups is 1. The highest BCUT2D eigenvalue weighted by atomic mass is 16.3. The highest BCUT2D eigenvalue weighted by Crippen LogP contribution is 2.22. The maximum atomic E-state index is 9.91. The van der Waals surface area contributed by atoms with Crippen molar-refractivity contribution in [2.24, 2.45) is 0 Å². The summed E-state index contributed by atoms with van der Waals surface area (Å²) in [6.45, 7) is 9.02. The van der Waals surface area contributed by atoms with Crippen molar-refractivity contribution < 1.29 is 5.11 Å². The van der Waals surface area contributed by atoms with Gasteiger partial charge in [-0.25, -0.2) is 4.98 Å². The first kappa shape index (κ1) is 14.8. The maximum absolute atomic E-state index is 9.91. The quantitative estimate of drug-likeness (QED) is 0.898. The van der Waals surface area contributed by atoms with E-state index < -0.39 is 5.60 Å². The Balaban J connectivity index is 2.09. The van der Waals surface area contributed by atoms with Crippen LogP contribution in [0.3, 0.4) is 0 Å². The van der Waals surface area contributed by atoms with Crippen LogP contribution in [0.25, 0.3) is 0 Å². The number of piperazine rings is 1. The molecule has 108 valence electrons. The Kier molecular flexibility index (Phi) is 4.26. The van der Waals surface area contributed by atoms with Gasteiger partial charge in [0.25, 0.3) is 0 Å². The van der Waals surface area contributed by atoms with Crippen molar-refractivity contribution in [3.8, 4) is 6.07 Å². The molecule has 20 heavy (non-hydrogen) atoms. The van der Waals surface area contributed by atoms with Gasteiger partial charge in [-0.05, 0) is 32.9 Å². The molecular formula is C15H22N4O. The predicted molar refractivity (Wildman–Crippen MR) is 78.5 cm³/mol. The number of nitriles is 1. The standard InChI is InChI=1S/C15H22N4O/c1-12-10-18(11-15(2,3)20)7-8-19(12)14-13(9-16)5-4-6-17-14/h4-6,12,20H,7-8,10-11H2,1-3H3. The van der Waals surface area contributed by atoms with E-state index in [2.05, 4.69) is 27.8 Å². The minimum Gasteiger partial charge on any atom is -0.389 e. The predicted octanol–water partition coefficient (Wildman–Crippen LogP) is 1.23. The summed E-state index contributed by atoms with van der Waals surface area (Å²) in [5, 5.41) is 19.1. The highest BCUT2D eigenvalue weighted by molar-refractivity contribution is 5.54. The van der Waals surface area contributed by atoms with Crippen LogP contribution in [-0.4, -0.2) is 52.8 Å². The van der Waals surface area contributed by atoms with Gasteiger partial charge in [0.2, 0.25) is 0 Å². The van der Waals surface area contributed by atoms with Crippen LogP contribution in [0.2, 0.25) is 0 Å². The fourth-order valence-electron chi connectivity index (χ4n) is 2.75. The smallest absolute Gasteiger partial charge is 0.146 e. The van der Waals surface area contributed by atoms with Gasteiger partial charge >= 0.3 is 0 Å². The number of hydrogen-bond donors (Lipinski definition) is 1. The molecule has 0 spiro atoms. The summed E-state index contributed by atoms with van der Waals surface area (Å²) in [5.74, 6) is 0.769. The summed E-state index contributed by atoms with van der Waals surface area (Å²) in [7, 11) is 0. The van der Waals surface area contributed by atoms with Crippen molar-refractivity contribution in [1.82, 2.24) is 9.88 Å². The van der Waals surface area contributed by atoms with Crippen LogP contribution in [0.1, 0.15) is 26.3 Å². The molecule has 1 aromatic heterocycles. The van der Waals surface area contributed by atoms with Gasteiger partial charge in [-0.2, -0.15) is 5.26 Å². The zero-order chi connectivity index (χ0) is 14.8. The van der Waals surface area contributed by atoms with Crippen LogP contribution in [0.5, 0.6) is 0 Å². The zero-order valence-corrected chi connectivity index (χ0v) is 12.4. The van der Waals surface area contributed by atoms with Crippen molar-refractivity contribution in [2.45, 2.75) is 32.4 Å². The zero-order valence-electron chi connectivity index (χ0n) is 12.4. The highest BCUT2D eigenvalue weighted by Gasteiger charge is 2.28. The third-order valence-electron chi connectivity index (χ3n) is 3.50. The van der Waals surface area contributed by atoms with E-state index in [1.165, 1.54) is 0 Å². The first-order valence-electron chi connectivity index (χ1n) is 6.97. The molecule has 5 nitrogen and oxygen atoms in total. The van der Waals surface area contributed by atoms with E-state index in [9.17, 15) is 10.4 Å². The lowest BCUT2D eigenvalue weighted by Gasteiger charge is -2.42. The second-order valence-corrected chi connectivity index (χ2v) is 6.08. The normalized spacial score (nSPS) is 20.8. The van der Waals surface area contributed by atoms with Crippen LogP contribution in [0, 0.1) is 11.3 Å². The molecule has 1 unspecified atom stereocenters. The molecule has 0 aromatic carbocycles. The molecule has 1 aromatic rings. The van der Waals surface area contributed by atoms with Crippen molar-refractivity contribution in [2.75, 3.05) is 31.1 Å². The Labute approximate surface area is 120 Å². The van der Waals surface area contributed by atoms with E-state index in [0.29, 0.717) is 12.1 Å². The lowest BCUT2D eigenvalue weighted by Crippen LogP contribution is -2.55. The van der Waals surface area contributed by atoms with Gasteiger partial charge in [0.15, 0.2) is 0 Å². The van der Waals surface area contributed by atoms with Gasteiger partial charge in [-0.15, -0.1) is 0 Å². The van der Waals surface area contributed by atoms with Crippen molar-refractivity contribution in [1.29, 1.82) is 5.26 Å². The first-order valence-corrected chi connectivity index (χ1v) is 6.97. The van der Waals surface area contributed by atoms with Gasteiger partial charge < -0.3 is 10.0 Å². The van der Waals surface area contributed by atoms with E-state index in [4.69, 9.17) is 0 Å². The Bertz CT molecular complexity index is 503. The van der Waals surface area contributed by atoms with E-state index >= 15 is 0 Å². The molecule has 1 saturated heterocycles. The molecular weight excluding hydrogens is 252 g/mol. The second-order valence-electron chi connectivity index (χ2n) is 6.08. The number of pyridine rings is 1. The van der Waals surface area contributed by atoms with Crippen molar-refractivity contribution >= 4 is 5.82 Å². The minimum atomic E-state index is -0.676. The van der Waals surface area contributed by atoms with Gasteiger partial charge in [0.05, 0.1) is 11.2 Å². The van der Waals surface area contributed by atoms with E-state index in [1.807, 2.05) is 13.8 Å². The lowest BCUT2D eigenvalue weighted by atomic mass is 10.1. The topological polar surface area (TPSA) is 63.4 Å². The van der Waals surface area contributed by atoms with Crippen LogP contribution in [-0.2, 0) is 0 Å². The SMILES string of the molecule is CC1CN(CC(C)(C)O)CCN1c1ncccc1C#N. The molecule has 0 radical (unpaired) electrons. The van der Waals surface area contributed by atoms with Gasteiger partial charge in [-0.1, -0.05) is 0 Å². The number of aromatic nitrogens is 1. The molecule has 0 aliphatic carbocycles. The number of nitrogens with zero attached hydrogens (tertiary/aromatic N) is 4. The fourth-order valence-corrected chi connectivity index (χ4v) is 2.75. The fraction of sp³-hybridized carbons (Fsp3) is 0.600. The van der Waals surface area contributed by atoms with Crippen LogP contribution in [0.4, 0.5) is 5.82 Å². The Morgan fingerprint density at radius 1 is 1.50 bits per heavy atom. The summed E-state index contributed by atoms with van der Waals surface area (Å²) in [6.07, 6.45) is 1.73. The van der Waals surface area contributed by atoms with E-state index in [1.54, 1.807) is 18.3 Å². The number of β-amino-alcohol motifs (C(OH)–C–C–N with tert-alkyl or cyclic N) is 1. The summed E-state index contributed by atoms with van der Waals surface area (Å²) >= 11 is 0. The second kappa shape index (κ2) is 5.78. The summed E-state index contributed by atoms with van der Waals surface area (Å²) in [5.41, 5.74) is -0.0553. The molecule has 1 N–H and O–H groups in total. The van der Waals surface area contributed by atoms with Crippen LogP contribution in [0.15, 0.2) is 18.3 Å². The van der Waals surface area contributed by atoms with Crippen molar-refractivity contribution in [3.63, 3.8) is 0 Å². The van der Waals surface area contributed by atoms with E-state index in [0.717, 1.165) is 25.5 Å². The van der Waals surface area contributed by atoms with Gasteiger partial charge in [0, 0.05) is 38.4 Å². The minimum absolute atomic E-state index is 0.271. The van der Waals surface area contributed by atoms with Crippen molar-refractivity contribution in [3.05, 3.63) is 23.9 Å². The molecule has 0 amide bonds. The largest absolute Gasteiger partial charge is 0.389 e. The van der Waals surface area contributed by atoms with Crippen LogP contribution >= 0.6 is 0 Å². The van der Waals surface area contributed by atoms with E-state index in [-0.39, 0.29) is 6.04 Å². The summed E-state index contributed by atoms with van der Waals surface area (Å²) < 4.78 is 0. The molecule has 0 bridgehead atoms. The number of anilines is 1. The number of rotatable bonds is 3. The molecule has 1 atom stereocenters. The maximum Gasteiger partial charge on any atom is 0.146 e. The Morgan fingerprint density at radius 2 is 2.25 bits per heavy atom. The average molecular weight is 274 g/mol. The summed E-state index contributed by atoms with van der Waals surface area (Å²) in [4.78, 5) is 8.80. The van der Waals surface area contributed by atoms with Gasteiger partial charge in [-0.3, -0.25) is 4.90 Å².